The molecule has 0 radical (unpaired) electrons. The summed E-state index contributed by atoms with van der Waals surface area (Å²) in [4.78, 5) is 10.4. The Hall–Kier alpha value is 0.340. The smallest absolute Gasteiger partial charge is 0.302 e. The molecule has 0 aliphatic heterocycles. The molecule has 0 saturated heterocycles. The van der Waals surface area contributed by atoms with E-state index in [1.165, 1.54) is 6.92 Å². The lowest BCUT2D eigenvalue weighted by atomic mass is 10.3. The van der Waals surface area contributed by atoms with Crippen molar-refractivity contribution in [3.63, 3.8) is 0 Å². The molecule has 0 rings (SSSR count). The Balaban J connectivity index is 4.01. The third kappa shape index (κ3) is 4.04. The van der Waals surface area contributed by atoms with Crippen LogP contribution in [0.4, 0.5) is 0 Å². The second-order valence-electron chi connectivity index (χ2n) is 2.15. The number of esters is 1. The van der Waals surface area contributed by atoms with Crippen molar-refractivity contribution in [1.29, 1.82) is 0 Å². The van der Waals surface area contributed by atoms with Gasteiger partial charge in [-0.05, 0) is 6.92 Å². The molecule has 5 heteroatoms. The summed E-state index contributed by atoms with van der Waals surface area (Å²) in [6.45, 7) is 2.87. The van der Waals surface area contributed by atoms with Gasteiger partial charge in [0.2, 0.25) is 0 Å². The molecular formula is C6H9Cl3O2. The van der Waals surface area contributed by atoms with Crippen LogP contribution >= 0.6 is 34.8 Å². The van der Waals surface area contributed by atoms with Gasteiger partial charge in [0.25, 0.3) is 0 Å². The summed E-state index contributed by atoms with van der Waals surface area (Å²) in [5.41, 5.74) is 0. The molecule has 0 aromatic carbocycles. The molecule has 0 spiro atoms. The molecule has 0 aliphatic rings. The van der Waals surface area contributed by atoms with Gasteiger partial charge in [0.15, 0.2) is 4.33 Å². The van der Waals surface area contributed by atoms with Gasteiger partial charge in [-0.3, -0.25) is 4.79 Å². The van der Waals surface area contributed by atoms with Crippen LogP contribution in [0.2, 0.25) is 0 Å². The van der Waals surface area contributed by atoms with Crippen LogP contribution < -0.4 is 0 Å². The molecule has 1 atom stereocenters. The number of carbonyl (C=O) groups excluding carboxylic acids is 1. The molecule has 0 saturated carbocycles. The van der Waals surface area contributed by atoms with Crippen molar-refractivity contribution in [2.75, 3.05) is 5.88 Å². The van der Waals surface area contributed by atoms with Crippen molar-refractivity contribution < 1.29 is 9.53 Å². The first-order valence-electron chi connectivity index (χ1n) is 3.01. The molecule has 2 nitrogen and oxygen atoms in total. The van der Waals surface area contributed by atoms with E-state index in [0.717, 1.165) is 0 Å². The lowest BCUT2D eigenvalue weighted by Crippen LogP contribution is -2.34. The van der Waals surface area contributed by atoms with Crippen LogP contribution in [0.25, 0.3) is 0 Å². The standard InChI is InChI=1S/C6H9Cl3O2/c1-4(11-5(2)10)6(8,9)3-7/h4H,3H2,1-2H3. The van der Waals surface area contributed by atoms with Gasteiger partial charge in [0.05, 0.1) is 5.88 Å². The first kappa shape index (κ1) is 11.3. The molecule has 0 bridgehead atoms. The predicted octanol–water partition coefficient (Wildman–Crippen LogP) is 2.35. The van der Waals surface area contributed by atoms with E-state index in [9.17, 15) is 4.79 Å². The lowest BCUT2D eigenvalue weighted by Gasteiger charge is -2.23. The number of alkyl halides is 3. The van der Waals surface area contributed by atoms with Crippen LogP contribution in [0.5, 0.6) is 0 Å². The summed E-state index contributed by atoms with van der Waals surface area (Å²) in [5.74, 6) is -0.404. The molecule has 11 heavy (non-hydrogen) atoms. The van der Waals surface area contributed by atoms with Gasteiger partial charge >= 0.3 is 5.97 Å². The molecular weight excluding hydrogens is 210 g/mol. The van der Waals surface area contributed by atoms with E-state index < -0.39 is 16.4 Å². The summed E-state index contributed by atoms with van der Waals surface area (Å²) < 4.78 is 3.52. The van der Waals surface area contributed by atoms with Gasteiger partial charge in [-0.2, -0.15) is 0 Å². The van der Waals surface area contributed by atoms with Crippen molar-refractivity contribution >= 4 is 40.8 Å². The first-order chi connectivity index (χ1) is 4.90. The fraction of sp³-hybridized carbons (Fsp3) is 0.833. The van der Waals surface area contributed by atoms with Gasteiger partial charge < -0.3 is 4.74 Å². The molecule has 0 aromatic heterocycles. The van der Waals surface area contributed by atoms with Crippen LogP contribution in [0, 0.1) is 0 Å². The quantitative estimate of drug-likeness (QED) is 0.538. The minimum Gasteiger partial charge on any atom is -0.460 e. The molecule has 0 aromatic rings. The van der Waals surface area contributed by atoms with Gasteiger partial charge in [-0.1, -0.05) is 23.2 Å². The van der Waals surface area contributed by atoms with E-state index in [-0.39, 0.29) is 5.88 Å². The largest absolute Gasteiger partial charge is 0.460 e. The zero-order valence-electron chi connectivity index (χ0n) is 6.23. The van der Waals surface area contributed by atoms with Gasteiger partial charge in [0.1, 0.15) is 6.10 Å². The number of hydrogen-bond acceptors (Lipinski definition) is 2. The van der Waals surface area contributed by atoms with Crippen molar-refractivity contribution in [2.24, 2.45) is 0 Å². The molecule has 0 aliphatic carbocycles. The molecule has 0 heterocycles. The second kappa shape index (κ2) is 4.39. The molecule has 66 valence electrons. The van der Waals surface area contributed by atoms with E-state index in [0.29, 0.717) is 0 Å². The Kier molecular flexibility index (Phi) is 4.52. The maximum absolute atomic E-state index is 10.4. The number of ether oxygens (including phenoxy) is 1. The Morgan fingerprint density at radius 3 is 2.36 bits per heavy atom. The molecule has 0 amide bonds. The van der Waals surface area contributed by atoms with Gasteiger partial charge in [0, 0.05) is 6.92 Å². The maximum atomic E-state index is 10.4. The van der Waals surface area contributed by atoms with Crippen molar-refractivity contribution in [3.05, 3.63) is 0 Å². The Morgan fingerprint density at radius 1 is 1.64 bits per heavy atom. The number of hydrogen-bond donors (Lipinski definition) is 0. The molecule has 0 N–H and O–H groups in total. The highest BCUT2D eigenvalue weighted by Crippen LogP contribution is 2.28. The van der Waals surface area contributed by atoms with E-state index in [1.807, 2.05) is 0 Å². The normalized spacial score (nSPS) is 14.3. The topological polar surface area (TPSA) is 26.3 Å². The van der Waals surface area contributed by atoms with Gasteiger partial charge in [-0.15, -0.1) is 11.6 Å². The molecule has 0 fully saturated rings. The lowest BCUT2D eigenvalue weighted by molar-refractivity contribution is -0.145. The fourth-order valence-corrected chi connectivity index (χ4v) is 0.750. The zero-order chi connectivity index (χ0) is 9.07. The van der Waals surface area contributed by atoms with Crippen LogP contribution in [0.3, 0.4) is 0 Å². The van der Waals surface area contributed by atoms with Gasteiger partial charge in [-0.25, -0.2) is 0 Å². The molecule has 1 unspecified atom stereocenters. The third-order valence-electron chi connectivity index (χ3n) is 1.12. The average Bonchev–Trinajstić information content (AvgIpc) is 1.86. The minimum atomic E-state index is -1.20. The van der Waals surface area contributed by atoms with Crippen molar-refractivity contribution in [3.8, 4) is 0 Å². The van der Waals surface area contributed by atoms with Crippen LogP contribution in [-0.2, 0) is 9.53 Å². The Bertz CT molecular complexity index is 147. The predicted molar refractivity (Wildman–Crippen MR) is 46.4 cm³/mol. The minimum absolute atomic E-state index is 0.0184. The highest BCUT2D eigenvalue weighted by molar-refractivity contribution is 6.52. The number of carbonyl (C=O) groups is 1. The SMILES string of the molecule is CC(=O)OC(C)C(Cl)(Cl)CCl. The zero-order valence-corrected chi connectivity index (χ0v) is 8.50. The first-order valence-corrected chi connectivity index (χ1v) is 4.30. The summed E-state index contributed by atoms with van der Waals surface area (Å²) in [6.07, 6.45) is -0.596. The van der Waals surface area contributed by atoms with E-state index in [1.54, 1.807) is 6.92 Å². The summed E-state index contributed by atoms with van der Waals surface area (Å²) in [7, 11) is 0. The Labute approximate surface area is 80.7 Å². The van der Waals surface area contributed by atoms with E-state index in [2.05, 4.69) is 0 Å². The van der Waals surface area contributed by atoms with Crippen LogP contribution in [0.15, 0.2) is 0 Å². The Morgan fingerprint density at radius 2 is 2.09 bits per heavy atom. The third-order valence-corrected chi connectivity index (χ3v) is 2.69. The highest BCUT2D eigenvalue weighted by Gasteiger charge is 2.32. The van der Waals surface area contributed by atoms with Crippen molar-refractivity contribution in [2.45, 2.75) is 24.3 Å². The number of halogens is 3. The van der Waals surface area contributed by atoms with E-state index in [4.69, 9.17) is 39.5 Å². The number of rotatable bonds is 3. The maximum Gasteiger partial charge on any atom is 0.302 e. The van der Waals surface area contributed by atoms with Crippen LogP contribution in [-0.4, -0.2) is 22.3 Å². The van der Waals surface area contributed by atoms with Crippen LogP contribution in [0.1, 0.15) is 13.8 Å². The average molecular weight is 219 g/mol. The highest BCUT2D eigenvalue weighted by atomic mass is 35.5. The fourth-order valence-electron chi connectivity index (χ4n) is 0.444. The second-order valence-corrected chi connectivity index (χ2v) is 3.96. The van der Waals surface area contributed by atoms with E-state index >= 15 is 0 Å². The van der Waals surface area contributed by atoms with Crippen molar-refractivity contribution in [1.82, 2.24) is 0 Å². The summed E-state index contributed by atoms with van der Waals surface area (Å²) >= 11 is 16.8. The summed E-state index contributed by atoms with van der Waals surface area (Å²) in [6, 6.07) is 0. The monoisotopic (exact) mass is 218 g/mol. The summed E-state index contributed by atoms with van der Waals surface area (Å²) in [5, 5.41) is 0.